The first-order chi connectivity index (χ1) is 18.1. The van der Waals surface area contributed by atoms with Crippen molar-refractivity contribution < 1.29 is 24.2 Å². The summed E-state index contributed by atoms with van der Waals surface area (Å²) >= 11 is 4.31. The van der Waals surface area contributed by atoms with Crippen LogP contribution in [0.3, 0.4) is 0 Å². The molecule has 38 heavy (non-hydrogen) atoms. The molecule has 9 heteroatoms. The number of phenols is 1. The minimum absolute atomic E-state index is 0.0145. The highest BCUT2D eigenvalue weighted by Gasteiger charge is 2.35. The SMILES string of the molecule is CCCCCCN(C(=O)C(CS)NC(=O)OC(C)(C)C)C(C(=O)NCc1ccccc1)c1cccc(O)c1. The standard InChI is InChI=1S/C29H41N3O5S/c1-5-6-7-11-17-32(27(35)24(20-38)31-28(36)37-29(2,3)4)25(22-15-12-16-23(33)18-22)26(34)30-19-21-13-9-8-10-14-21/h8-10,12-16,18,24-25,33,38H,5-7,11,17,19-20H2,1-4H3,(H,30,34)(H,31,36). The lowest BCUT2D eigenvalue weighted by molar-refractivity contribution is -0.142. The quantitative estimate of drug-likeness (QED) is 0.211. The van der Waals surface area contributed by atoms with E-state index in [1.54, 1.807) is 32.9 Å². The van der Waals surface area contributed by atoms with E-state index >= 15 is 0 Å². The van der Waals surface area contributed by atoms with Gasteiger partial charge in [-0.15, -0.1) is 0 Å². The average Bonchev–Trinajstić information content (AvgIpc) is 2.87. The molecule has 3 N–H and O–H groups in total. The minimum Gasteiger partial charge on any atom is -0.508 e. The second kappa shape index (κ2) is 15.3. The summed E-state index contributed by atoms with van der Waals surface area (Å²) in [5, 5.41) is 15.7. The monoisotopic (exact) mass is 543 g/mol. The molecule has 0 aliphatic rings. The largest absolute Gasteiger partial charge is 0.508 e. The third kappa shape index (κ3) is 10.3. The zero-order valence-corrected chi connectivity index (χ0v) is 23.7. The van der Waals surface area contributed by atoms with Crippen LogP contribution in [0, 0.1) is 0 Å². The van der Waals surface area contributed by atoms with Crippen LogP contribution in [0.5, 0.6) is 5.75 Å². The highest BCUT2D eigenvalue weighted by molar-refractivity contribution is 7.80. The lowest BCUT2D eigenvalue weighted by Gasteiger charge is -2.34. The number of benzene rings is 2. The van der Waals surface area contributed by atoms with E-state index < -0.39 is 35.6 Å². The maximum atomic E-state index is 13.9. The van der Waals surface area contributed by atoms with Crippen molar-refractivity contribution in [1.29, 1.82) is 0 Å². The number of ether oxygens (including phenoxy) is 1. The zero-order valence-electron chi connectivity index (χ0n) is 22.8. The van der Waals surface area contributed by atoms with Crippen LogP contribution in [0.4, 0.5) is 4.79 Å². The van der Waals surface area contributed by atoms with Crippen molar-refractivity contribution in [2.45, 2.75) is 77.6 Å². The lowest BCUT2D eigenvalue weighted by atomic mass is 10.0. The fourth-order valence-corrected chi connectivity index (χ4v) is 4.21. The molecule has 0 radical (unpaired) electrons. The van der Waals surface area contributed by atoms with Crippen molar-refractivity contribution in [3.05, 3.63) is 65.7 Å². The van der Waals surface area contributed by atoms with Gasteiger partial charge < -0.3 is 25.4 Å². The van der Waals surface area contributed by atoms with E-state index in [1.807, 2.05) is 30.3 Å². The Labute approximate surface area is 231 Å². The molecule has 0 heterocycles. The molecule has 2 aromatic rings. The van der Waals surface area contributed by atoms with E-state index in [2.05, 4.69) is 30.2 Å². The fraction of sp³-hybridized carbons (Fsp3) is 0.483. The average molecular weight is 544 g/mol. The molecular weight excluding hydrogens is 502 g/mol. The lowest BCUT2D eigenvalue weighted by Crippen LogP contribution is -2.54. The van der Waals surface area contributed by atoms with Crippen LogP contribution in [0.2, 0.25) is 0 Å². The number of carbonyl (C=O) groups is 3. The molecule has 2 unspecified atom stereocenters. The number of phenolic OH excluding ortho intramolecular Hbond substituents is 1. The van der Waals surface area contributed by atoms with E-state index in [-0.39, 0.29) is 24.6 Å². The van der Waals surface area contributed by atoms with Gasteiger partial charge in [0.15, 0.2) is 0 Å². The topological polar surface area (TPSA) is 108 Å². The predicted molar refractivity (Wildman–Crippen MR) is 152 cm³/mol. The Balaban J connectivity index is 2.40. The van der Waals surface area contributed by atoms with E-state index in [0.717, 1.165) is 24.8 Å². The summed E-state index contributed by atoms with van der Waals surface area (Å²) < 4.78 is 5.34. The van der Waals surface area contributed by atoms with Crippen LogP contribution in [0.15, 0.2) is 54.6 Å². The van der Waals surface area contributed by atoms with Crippen molar-refractivity contribution in [2.24, 2.45) is 0 Å². The number of alkyl carbamates (subject to hydrolysis) is 1. The van der Waals surface area contributed by atoms with Gasteiger partial charge in [0.25, 0.3) is 0 Å². The molecule has 2 atom stereocenters. The Morgan fingerprint density at radius 2 is 1.74 bits per heavy atom. The molecule has 2 aromatic carbocycles. The van der Waals surface area contributed by atoms with Crippen molar-refractivity contribution in [2.75, 3.05) is 12.3 Å². The van der Waals surface area contributed by atoms with E-state index in [9.17, 15) is 19.5 Å². The Morgan fingerprint density at radius 3 is 2.34 bits per heavy atom. The minimum atomic E-state index is -1.03. The molecule has 0 aliphatic heterocycles. The molecule has 0 spiro atoms. The normalized spacial score (nSPS) is 12.8. The first-order valence-corrected chi connectivity index (χ1v) is 13.7. The summed E-state index contributed by atoms with van der Waals surface area (Å²) in [4.78, 5) is 41.5. The number of hydrogen-bond acceptors (Lipinski definition) is 6. The molecule has 0 saturated carbocycles. The maximum absolute atomic E-state index is 13.9. The highest BCUT2D eigenvalue weighted by Crippen LogP contribution is 2.26. The highest BCUT2D eigenvalue weighted by atomic mass is 32.1. The van der Waals surface area contributed by atoms with Gasteiger partial charge in [-0.1, -0.05) is 68.7 Å². The summed E-state index contributed by atoms with van der Waals surface area (Å²) in [6.07, 6.45) is 2.82. The van der Waals surface area contributed by atoms with Crippen molar-refractivity contribution in [3.63, 3.8) is 0 Å². The second-order valence-electron chi connectivity index (χ2n) is 10.2. The maximum Gasteiger partial charge on any atom is 0.408 e. The third-order valence-corrected chi connectivity index (χ3v) is 6.13. The van der Waals surface area contributed by atoms with Crippen LogP contribution in [-0.2, 0) is 20.9 Å². The Kier molecular flexibility index (Phi) is 12.5. The second-order valence-corrected chi connectivity index (χ2v) is 10.5. The van der Waals surface area contributed by atoms with E-state index in [0.29, 0.717) is 12.0 Å². The Hall–Kier alpha value is -3.20. The summed E-state index contributed by atoms with van der Waals surface area (Å²) in [5.74, 6) is -0.842. The van der Waals surface area contributed by atoms with Crippen LogP contribution in [-0.4, -0.2) is 51.9 Å². The van der Waals surface area contributed by atoms with Gasteiger partial charge in [0.2, 0.25) is 11.8 Å². The number of nitrogens with zero attached hydrogens (tertiary/aromatic N) is 1. The molecule has 0 aliphatic carbocycles. The molecule has 0 saturated heterocycles. The zero-order chi connectivity index (χ0) is 28.1. The van der Waals surface area contributed by atoms with Crippen molar-refractivity contribution >= 4 is 30.5 Å². The molecule has 3 amide bonds. The first kappa shape index (κ1) is 31.0. The number of thiol groups is 1. The molecule has 8 nitrogen and oxygen atoms in total. The van der Waals surface area contributed by atoms with Gasteiger partial charge >= 0.3 is 6.09 Å². The number of rotatable bonds is 13. The number of hydrogen-bond donors (Lipinski definition) is 4. The third-order valence-electron chi connectivity index (χ3n) is 5.76. The van der Waals surface area contributed by atoms with Gasteiger partial charge in [0.1, 0.15) is 23.4 Å². The summed E-state index contributed by atoms with van der Waals surface area (Å²) in [7, 11) is 0. The number of unbranched alkanes of at least 4 members (excludes halogenated alkanes) is 3. The number of aromatic hydroxyl groups is 1. The summed E-state index contributed by atoms with van der Waals surface area (Å²) in [6.45, 7) is 7.87. The molecule has 0 fully saturated rings. The van der Waals surface area contributed by atoms with Crippen molar-refractivity contribution in [1.82, 2.24) is 15.5 Å². The van der Waals surface area contributed by atoms with Crippen LogP contribution in [0.1, 0.15) is 70.5 Å². The first-order valence-electron chi connectivity index (χ1n) is 13.1. The van der Waals surface area contributed by atoms with Crippen molar-refractivity contribution in [3.8, 4) is 5.75 Å². The number of amides is 3. The van der Waals surface area contributed by atoms with E-state index in [4.69, 9.17) is 4.74 Å². The van der Waals surface area contributed by atoms with Crippen LogP contribution in [0.25, 0.3) is 0 Å². The van der Waals surface area contributed by atoms with Gasteiger partial charge in [-0.25, -0.2) is 4.79 Å². The van der Waals surface area contributed by atoms with Gasteiger partial charge in [-0.2, -0.15) is 12.6 Å². The van der Waals surface area contributed by atoms with Gasteiger partial charge in [0, 0.05) is 18.8 Å². The smallest absolute Gasteiger partial charge is 0.408 e. The summed E-state index contributed by atoms with van der Waals surface area (Å²) in [5.41, 5.74) is 0.640. The molecule has 0 aromatic heterocycles. The molecular formula is C29H41N3O5S. The van der Waals surface area contributed by atoms with Gasteiger partial charge in [-0.05, 0) is 50.5 Å². The van der Waals surface area contributed by atoms with Crippen LogP contribution >= 0.6 is 12.6 Å². The predicted octanol–water partition coefficient (Wildman–Crippen LogP) is 4.98. The van der Waals surface area contributed by atoms with Gasteiger partial charge in [0.05, 0.1) is 0 Å². The van der Waals surface area contributed by atoms with Crippen LogP contribution < -0.4 is 10.6 Å². The fourth-order valence-electron chi connectivity index (χ4n) is 3.96. The van der Waals surface area contributed by atoms with E-state index in [1.165, 1.54) is 17.0 Å². The number of nitrogens with one attached hydrogen (secondary N) is 2. The molecule has 2 rings (SSSR count). The molecule has 0 bridgehead atoms. The Bertz CT molecular complexity index is 1040. The summed E-state index contributed by atoms with van der Waals surface area (Å²) in [6, 6.07) is 13.8. The Morgan fingerprint density at radius 1 is 1.03 bits per heavy atom. The molecule has 208 valence electrons. The van der Waals surface area contributed by atoms with Gasteiger partial charge in [-0.3, -0.25) is 9.59 Å². The number of carbonyl (C=O) groups excluding carboxylic acids is 3.